The summed E-state index contributed by atoms with van der Waals surface area (Å²) in [4.78, 5) is 42.7. The van der Waals surface area contributed by atoms with Gasteiger partial charge in [0.25, 0.3) is 0 Å². The standard InChI is InChI=1S/C18H19N3O5S/c1-7(2)15(23)13-17-20(6-19-13)11(5-27-17)9-4-10-12(8(3)22)16(24)21(10)14(9)18(25)26/h5-8,10,12,22H,4H2,1-3H3,(H,25,26)/t8-,10-,12-/m1/s1. The molecule has 3 atom stereocenters. The largest absolute Gasteiger partial charge is 0.477 e. The van der Waals surface area contributed by atoms with Crippen molar-refractivity contribution in [2.24, 2.45) is 11.8 Å². The Hall–Kier alpha value is -2.52. The molecule has 1 fully saturated rings. The van der Waals surface area contributed by atoms with Gasteiger partial charge in [0.1, 0.15) is 22.5 Å². The summed E-state index contributed by atoms with van der Waals surface area (Å²) in [5, 5.41) is 21.3. The van der Waals surface area contributed by atoms with Crippen LogP contribution >= 0.6 is 11.3 Å². The summed E-state index contributed by atoms with van der Waals surface area (Å²) >= 11 is 1.32. The number of aliphatic hydroxyl groups is 1. The number of carbonyl (C=O) groups excluding carboxylic acids is 2. The Morgan fingerprint density at radius 3 is 2.63 bits per heavy atom. The Morgan fingerprint density at radius 2 is 2.04 bits per heavy atom. The van der Waals surface area contributed by atoms with Crippen molar-refractivity contribution in [2.75, 3.05) is 0 Å². The van der Waals surface area contributed by atoms with Gasteiger partial charge in [-0.1, -0.05) is 13.8 Å². The number of fused-ring (bicyclic) bond motifs is 2. The van der Waals surface area contributed by atoms with Gasteiger partial charge in [-0.05, 0) is 13.3 Å². The van der Waals surface area contributed by atoms with Crippen molar-refractivity contribution in [2.45, 2.75) is 39.3 Å². The number of carboxylic acids is 1. The quantitative estimate of drug-likeness (QED) is 0.594. The lowest BCUT2D eigenvalue weighted by Gasteiger charge is -2.44. The van der Waals surface area contributed by atoms with Crippen molar-refractivity contribution in [3.63, 3.8) is 0 Å². The van der Waals surface area contributed by atoms with Crippen LogP contribution in [-0.2, 0) is 9.59 Å². The maximum Gasteiger partial charge on any atom is 0.352 e. The highest BCUT2D eigenvalue weighted by Crippen LogP contribution is 2.47. The zero-order chi connectivity index (χ0) is 19.6. The van der Waals surface area contributed by atoms with Gasteiger partial charge in [0.05, 0.1) is 23.8 Å². The van der Waals surface area contributed by atoms with Crippen LogP contribution < -0.4 is 0 Å². The van der Waals surface area contributed by atoms with Gasteiger partial charge in [0, 0.05) is 16.9 Å². The van der Waals surface area contributed by atoms with Crippen LogP contribution in [0.25, 0.3) is 10.4 Å². The third-order valence-corrected chi connectivity index (χ3v) is 6.22. The van der Waals surface area contributed by atoms with E-state index in [9.17, 15) is 24.6 Å². The number of imidazole rings is 1. The lowest BCUT2D eigenvalue weighted by molar-refractivity contribution is -0.161. The predicted molar refractivity (Wildman–Crippen MR) is 97.2 cm³/mol. The number of thiazole rings is 1. The van der Waals surface area contributed by atoms with E-state index in [2.05, 4.69) is 4.98 Å². The summed E-state index contributed by atoms with van der Waals surface area (Å²) in [5.41, 5.74) is 1.47. The predicted octanol–water partition coefficient (Wildman–Crippen LogP) is 1.64. The summed E-state index contributed by atoms with van der Waals surface area (Å²) in [6.07, 6.45) is 1.03. The molecule has 27 heavy (non-hydrogen) atoms. The smallest absolute Gasteiger partial charge is 0.352 e. The van der Waals surface area contributed by atoms with Crippen molar-refractivity contribution in [3.05, 3.63) is 28.8 Å². The summed E-state index contributed by atoms with van der Waals surface area (Å²) < 4.78 is 1.71. The molecule has 0 aliphatic carbocycles. The number of Topliss-reactive ketones (excluding diaryl/α,β-unsaturated/α-hetero) is 1. The number of carboxylic acid groups (broad SMARTS) is 1. The molecule has 0 spiro atoms. The van der Waals surface area contributed by atoms with E-state index in [1.165, 1.54) is 22.6 Å². The lowest BCUT2D eigenvalue weighted by atomic mass is 9.83. The Morgan fingerprint density at radius 1 is 1.33 bits per heavy atom. The molecule has 1 amide bonds. The minimum Gasteiger partial charge on any atom is -0.477 e. The monoisotopic (exact) mass is 389 g/mol. The molecule has 4 heterocycles. The third kappa shape index (κ3) is 2.38. The van der Waals surface area contributed by atoms with Crippen LogP contribution in [-0.4, -0.2) is 54.3 Å². The molecule has 2 aliphatic heterocycles. The average molecular weight is 389 g/mol. The number of nitrogens with zero attached hydrogens (tertiary/aromatic N) is 3. The first-order chi connectivity index (χ1) is 12.7. The molecule has 1 saturated heterocycles. The molecule has 0 bridgehead atoms. The SMILES string of the molecule is CC(C)C(=O)c1ncn2c(C3=C(C(=O)O)N4C(=O)[C@H]([C@@H](C)O)[C@H]4C3)csc12. The van der Waals surface area contributed by atoms with Gasteiger partial charge in [-0.2, -0.15) is 0 Å². The van der Waals surface area contributed by atoms with E-state index in [-0.39, 0.29) is 29.3 Å². The van der Waals surface area contributed by atoms with Crippen molar-refractivity contribution >= 4 is 39.4 Å². The highest BCUT2D eigenvalue weighted by Gasteiger charge is 2.57. The number of β-lactam (4-membered cyclic amide) rings is 1. The van der Waals surface area contributed by atoms with E-state index < -0.39 is 18.0 Å². The second-order valence-corrected chi connectivity index (χ2v) is 8.14. The first-order valence-corrected chi connectivity index (χ1v) is 9.58. The number of ketones is 1. The van der Waals surface area contributed by atoms with E-state index in [4.69, 9.17) is 0 Å². The van der Waals surface area contributed by atoms with Gasteiger partial charge in [-0.3, -0.25) is 14.0 Å². The Labute approximate surface area is 158 Å². The zero-order valence-corrected chi connectivity index (χ0v) is 15.9. The van der Waals surface area contributed by atoms with E-state index >= 15 is 0 Å². The van der Waals surface area contributed by atoms with Crippen molar-refractivity contribution in [1.29, 1.82) is 0 Å². The molecule has 2 aromatic heterocycles. The summed E-state index contributed by atoms with van der Waals surface area (Å²) in [5.74, 6) is -2.40. The van der Waals surface area contributed by atoms with Crippen LogP contribution in [0.3, 0.4) is 0 Å². The van der Waals surface area contributed by atoms with E-state index in [1.54, 1.807) is 30.6 Å². The number of aliphatic hydroxyl groups excluding tert-OH is 1. The summed E-state index contributed by atoms with van der Waals surface area (Å²) in [6.45, 7) is 5.15. The third-order valence-electron chi connectivity index (χ3n) is 5.26. The number of hydrogen-bond acceptors (Lipinski definition) is 6. The number of amides is 1. The maximum absolute atomic E-state index is 12.4. The van der Waals surface area contributed by atoms with Crippen LogP contribution in [0.2, 0.25) is 0 Å². The van der Waals surface area contributed by atoms with Crippen molar-refractivity contribution in [1.82, 2.24) is 14.3 Å². The van der Waals surface area contributed by atoms with Crippen LogP contribution in [0.5, 0.6) is 0 Å². The summed E-state index contributed by atoms with van der Waals surface area (Å²) in [7, 11) is 0. The normalized spacial score (nSPS) is 23.1. The fraction of sp³-hybridized carbons (Fsp3) is 0.444. The number of aliphatic carboxylic acids is 1. The van der Waals surface area contributed by atoms with Gasteiger partial charge in [0.15, 0.2) is 5.78 Å². The van der Waals surface area contributed by atoms with E-state index in [0.717, 1.165) is 0 Å². The molecule has 0 radical (unpaired) electrons. The molecule has 4 rings (SSSR count). The Kier molecular flexibility index (Phi) is 3.97. The molecule has 0 unspecified atom stereocenters. The van der Waals surface area contributed by atoms with Crippen molar-refractivity contribution in [3.8, 4) is 0 Å². The Balaban J connectivity index is 1.81. The lowest BCUT2D eigenvalue weighted by Crippen LogP contribution is -2.61. The highest BCUT2D eigenvalue weighted by atomic mass is 32.1. The topological polar surface area (TPSA) is 112 Å². The molecule has 0 aromatic carbocycles. The summed E-state index contributed by atoms with van der Waals surface area (Å²) in [6, 6.07) is -0.353. The first-order valence-electron chi connectivity index (χ1n) is 8.70. The van der Waals surface area contributed by atoms with Gasteiger partial charge in [-0.15, -0.1) is 11.3 Å². The zero-order valence-electron chi connectivity index (χ0n) is 15.0. The molecule has 2 aliphatic rings. The Bertz CT molecular complexity index is 1020. The van der Waals surface area contributed by atoms with Crippen LogP contribution in [0.15, 0.2) is 17.4 Å². The van der Waals surface area contributed by atoms with Gasteiger partial charge in [-0.25, -0.2) is 9.78 Å². The molecule has 142 valence electrons. The van der Waals surface area contributed by atoms with E-state index in [0.29, 0.717) is 28.2 Å². The average Bonchev–Trinajstić information content (AvgIpc) is 3.24. The minimum atomic E-state index is -1.18. The van der Waals surface area contributed by atoms with Crippen LogP contribution in [0, 0.1) is 11.8 Å². The number of carbonyl (C=O) groups is 3. The fourth-order valence-corrected chi connectivity index (χ4v) is 4.95. The number of hydrogen-bond donors (Lipinski definition) is 2. The highest BCUT2D eigenvalue weighted by molar-refractivity contribution is 7.16. The maximum atomic E-state index is 12.4. The second kappa shape index (κ2) is 6.00. The molecule has 8 nitrogen and oxygen atoms in total. The first kappa shape index (κ1) is 17.9. The van der Waals surface area contributed by atoms with Gasteiger partial charge >= 0.3 is 5.97 Å². The number of aromatic nitrogens is 2. The van der Waals surface area contributed by atoms with Gasteiger partial charge < -0.3 is 15.1 Å². The van der Waals surface area contributed by atoms with E-state index in [1.807, 2.05) is 0 Å². The molecular weight excluding hydrogens is 370 g/mol. The molecular formula is C18H19N3O5S. The van der Waals surface area contributed by atoms with Crippen LogP contribution in [0.4, 0.5) is 0 Å². The fourth-order valence-electron chi connectivity index (χ4n) is 3.95. The molecule has 2 aromatic rings. The molecule has 9 heteroatoms. The van der Waals surface area contributed by atoms with Gasteiger partial charge in [0.2, 0.25) is 5.91 Å². The molecule has 0 saturated carbocycles. The van der Waals surface area contributed by atoms with Crippen molar-refractivity contribution < 1.29 is 24.6 Å². The molecule has 2 N–H and O–H groups in total. The van der Waals surface area contributed by atoms with Crippen LogP contribution in [0.1, 0.15) is 43.4 Å². The second-order valence-electron chi connectivity index (χ2n) is 7.29. The minimum absolute atomic E-state index is 0.0490. The number of rotatable bonds is 5.